The fraction of sp³-hybridized carbons (Fsp3) is 0.409. The molecule has 0 N–H and O–H groups in total. The number of imidazole rings is 1. The zero-order valence-corrected chi connectivity index (χ0v) is 19.3. The predicted octanol–water partition coefficient (Wildman–Crippen LogP) is 2.82. The van der Waals surface area contributed by atoms with E-state index < -0.39 is 11.9 Å². The minimum Gasteiger partial charge on any atom is -0.372 e. The molecule has 5 rings (SSSR count). The third kappa shape index (κ3) is 3.61. The largest absolute Gasteiger partial charge is 0.372 e. The number of carbonyl (C=O) groups is 2. The van der Waals surface area contributed by atoms with E-state index in [9.17, 15) is 14.0 Å². The van der Waals surface area contributed by atoms with E-state index in [0.717, 1.165) is 5.69 Å². The Kier molecular flexibility index (Phi) is 5.45. The summed E-state index contributed by atoms with van der Waals surface area (Å²) in [5.74, 6) is 1.08. The van der Waals surface area contributed by atoms with Gasteiger partial charge in [-0.05, 0) is 49.6 Å². The molecule has 1 saturated heterocycles. The number of anilines is 1. The summed E-state index contributed by atoms with van der Waals surface area (Å²) in [4.78, 5) is 38.9. The third-order valence-corrected chi connectivity index (χ3v) is 6.98. The molecule has 0 spiro atoms. The maximum atomic E-state index is 13.4. The van der Waals surface area contributed by atoms with Gasteiger partial charge in [-0.25, -0.2) is 14.4 Å². The lowest BCUT2D eigenvalue weighted by Gasteiger charge is -2.36. The fourth-order valence-corrected chi connectivity index (χ4v) is 5.18. The molecule has 0 bridgehead atoms. The van der Waals surface area contributed by atoms with Crippen molar-refractivity contribution in [1.29, 1.82) is 0 Å². The smallest absolute Gasteiger partial charge is 0.257 e. The topological polar surface area (TPSA) is 93.4 Å². The van der Waals surface area contributed by atoms with Gasteiger partial charge in [0.2, 0.25) is 0 Å². The number of fused-ring (bicyclic) bond motifs is 1. The Labute approximate surface area is 194 Å². The number of benzene rings is 1. The molecule has 33 heavy (non-hydrogen) atoms. The van der Waals surface area contributed by atoms with Crippen molar-refractivity contribution in [2.45, 2.75) is 39.0 Å². The van der Waals surface area contributed by atoms with Gasteiger partial charge in [-0.1, -0.05) is 0 Å². The van der Waals surface area contributed by atoms with Gasteiger partial charge in [0, 0.05) is 38.7 Å². The van der Waals surface area contributed by atoms with Crippen LogP contribution >= 0.6 is 11.5 Å². The lowest BCUT2D eigenvalue weighted by Crippen LogP contribution is -2.42. The van der Waals surface area contributed by atoms with Gasteiger partial charge in [0.05, 0.1) is 11.7 Å². The first-order chi connectivity index (χ1) is 15.9. The molecule has 0 saturated carbocycles. The Morgan fingerprint density at radius 2 is 1.94 bits per heavy atom. The quantitative estimate of drug-likeness (QED) is 0.582. The molecule has 2 aromatic heterocycles. The van der Waals surface area contributed by atoms with Gasteiger partial charge in [0.25, 0.3) is 11.8 Å². The fourth-order valence-electron chi connectivity index (χ4n) is 4.51. The number of ether oxygens (including phenoxy) is 1. The molecule has 2 aliphatic rings. The van der Waals surface area contributed by atoms with Crippen LogP contribution in [0.3, 0.4) is 0 Å². The van der Waals surface area contributed by atoms with E-state index in [1.807, 2.05) is 18.4 Å². The van der Waals surface area contributed by atoms with Crippen LogP contribution < -0.4 is 4.90 Å². The first kappa shape index (κ1) is 21.7. The molecule has 172 valence electrons. The number of nitrogens with zero attached hydrogens (tertiary/aromatic N) is 6. The average Bonchev–Trinajstić information content (AvgIpc) is 3.50. The summed E-state index contributed by atoms with van der Waals surface area (Å²) in [6.07, 6.45) is 0.0621. The van der Waals surface area contributed by atoms with Crippen molar-refractivity contribution < 1.29 is 18.7 Å². The van der Waals surface area contributed by atoms with E-state index in [4.69, 9.17) is 9.72 Å². The summed E-state index contributed by atoms with van der Waals surface area (Å²) < 4.78 is 25.0. The number of methoxy groups -OCH3 is 1. The van der Waals surface area contributed by atoms with Gasteiger partial charge in [-0.3, -0.25) is 14.5 Å². The molecule has 3 aromatic rings. The van der Waals surface area contributed by atoms with Crippen LogP contribution in [-0.2, 0) is 16.1 Å². The lowest BCUT2D eigenvalue weighted by molar-refractivity contribution is -0.125. The SMILES string of the molecule is CO[C@H]1CCN(c2nc(-c3nc(C)ns3)n3c2[C@@H](C)N(C(=O)c2ccc(F)cc2)CC3)C1=O. The summed E-state index contributed by atoms with van der Waals surface area (Å²) >= 11 is 1.26. The van der Waals surface area contributed by atoms with E-state index in [1.165, 1.54) is 42.9 Å². The Bertz CT molecular complexity index is 1220. The zero-order chi connectivity index (χ0) is 23.3. The normalized spacial score (nSPS) is 20.4. The standard InChI is InChI=1S/C22H23FN6O3S/c1-12-17-18(29-9-8-16(32-3)22(29)31)25-19(20-24-13(2)26-33-20)28(17)11-10-27(12)21(30)14-4-6-15(23)7-5-14/h4-7,12,16H,8-11H2,1-3H3/t12-,16+/m1/s1. The van der Waals surface area contributed by atoms with Gasteiger partial charge in [-0.2, -0.15) is 4.37 Å². The Morgan fingerprint density at radius 1 is 1.18 bits per heavy atom. The summed E-state index contributed by atoms with van der Waals surface area (Å²) in [7, 11) is 1.52. The second-order valence-electron chi connectivity index (χ2n) is 8.13. The summed E-state index contributed by atoms with van der Waals surface area (Å²) in [6, 6.07) is 5.16. The number of rotatable bonds is 4. The van der Waals surface area contributed by atoms with Gasteiger partial charge in [0.1, 0.15) is 17.7 Å². The minimum atomic E-state index is -0.509. The van der Waals surface area contributed by atoms with Crippen LogP contribution in [0.1, 0.15) is 41.3 Å². The van der Waals surface area contributed by atoms with E-state index >= 15 is 0 Å². The first-order valence-electron chi connectivity index (χ1n) is 10.7. The van der Waals surface area contributed by atoms with Crippen LogP contribution in [0.15, 0.2) is 24.3 Å². The molecule has 1 aromatic carbocycles. The number of aromatic nitrogens is 4. The van der Waals surface area contributed by atoms with Gasteiger partial charge in [-0.15, -0.1) is 0 Å². The van der Waals surface area contributed by atoms with Crippen molar-refractivity contribution in [3.63, 3.8) is 0 Å². The highest BCUT2D eigenvalue weighted by Crippen LogP contribution is 2.39. The molecule has 0 radical (unpaired) electrons. The number of amides is 2. The van der Waals surface area contributed by atoms with Crippen LogP contribution in [0.5, 0.6) is 0 Å². The van der Waals surface area contributed by atoms with E-state index in [2.05, 4.69) is 9.36 Å². The second kappa shape index (κ2) is 8.31. The summed E-state index contributed by atoms with van der Waals surface area (Å²) in [6.45, 7) is 5.15. The molecule has 11 heteroatoms. The Morgan fingerprint density at radius 3 is 2.58 bits per heavy atom. The van der Waals surface area contributed by atoms with Crippen LogP contribution in [-0.4, -0.2) is 61.9 Å². The highest BCUT2D eigenvalue weighted by Gasteiger charge is 2.41. The molecular weight excluding hydrogens is 447 g/mol. The maximum absolute atomic E-state index is 13.4. The van der Waals surface area contributed by atoms with Gasteiger partial charge in [0.15, 0.2) is 16.6 Å². The Hall–Kier alpha value is -3.18. The monoisotopic (exact) mass is 470 g/mol. The van der Waals surface area contributed by atoms with Crippen molar-refractivity contribution in [3.05, 3.63) is 47.2 Å². The van der Waals surface area contributed by atoms with Crippen molar-refractivity contribution in [1.82, 2.24) is 23.8 Å². The van der Waals surface area contributed by atoms with Crippen LogP contribution in [0.2, 0.25) is 0 Å². The number of carbonyl (C=O) groups excluding carboxylic acids is 2. The first-order valence-corrected chi connectivity index (χ1v) is 11.5. The van der Waals surface area contributed by atoms with Gasteiger partial charge >= 0.3 is 0 Å². The summed E-state index contributed by atoms with van der Waals surface area (Å²) in [5.41, 5.74) is 1.18. The molecule has 2 aliphatic heterocycles. The molecule has 2 amide bonds. The van der Waals surface area contributed by atoms with E-state index in [-0.39, 0.29) is 17.9 Å². The highest BCUT2D eigenvalue weighted by molar-refractivity contribution is 7.09. The number of halogens is 1. The zero-order valence-electron chi connectivity index (χ0n) is 18.5. The van der Waals surface area contributed by atoms with Crippen molar-refractivity contribution in [3.8, 4) is 10.8 Å². The van der Waals surface area contributed by atoms with Gasteiger partial charge < -0.3 is 14.2 Å². The second-order valence-corrected chi connectivity index (χ2v) is 8.88. The van der Waals surface area contributed by atoms with Crippen LogP contribution in [0, 0.1) is 12.7 Å². The molecule has 1 fully saturated rings. The van der Waals surface area contributed by atoms with Crippen molar-refractivity contribution >= 4 is 29.2 Å². The lowest BCUT2D eigenvalue weighted by atomic mass is 10.1. The van der Waals surface area contributed by atoms with Crippen molar-refractivity contribution in [2.75, 3.05) is 25.1 Å². The number of hydrogen-bond acceptors (Lipinski definition) is 7. The van der Waals surface area contributed by atoms with Crippen LogP contribution in [0.25, 0.3) is 10.8 Å². The third-order valence-electron chi connectivity index (χ3n) is 6.18. The average molecular weight is 471 g/mol. The Balaban J connectivity index is 1.58. The molecule has 0 unspecified atom stereocenters. The molecule has 9 nitrogen and oxygen atoms in total. The molecular formula is C22H23FN6O3S. The van der Waals surface area contributed by atoms with E-state index in [1.54, 1.807) is 9.80 Å². The van der Waals surface area contributed by atoms with E-state index in [0.29, 0.717) is 54.1 Å². The number of aryl methyl sites for hydroxylation is 1. The summed E-state index contributed by atoms with van der Waals surface area (Å²) in [5, 5.41) is 0.667. The highest BCUT2D eigenvalue weighted by atomic mass is 32.1. The molecule has 4 heterocycles. The molecule has 0 aliphatic carbocycles. The van der Waals surface area contributed by atoms with Crippen LogP contribution in [0.4, 0.5) is 10.2 Å². The maximum Gasteiger partial charge on any atom is 0.257 e. The molecule has 2 atom stereocenters. The predicted molar refractivity (Wildman–Crippen MR) is 119 cm³/mol. The number of hydrogen-bond donors (Lipinski definition) is 0. The minimum absolute atomic E-state index is 0.146. The van der Waals surface area contributed by atoms with Crippen molar-refractivity contribution in [2.24, 2.45) is 0 Å².